The van der Waals surface area contributed by atoms with Crippen LogP contribution < -0.4 is 0 Å². The molecule has 4 nitrogen and oxygen atoms in total. The first-order valence-electron chi connectivity index (χ1n) is 6.76. The molecule has 0 atom stereocenters. The lowest BCUT2D eigenvalue weighted by Gasteiger charge is -2.34. The van der Waals surface area contributed by atoms with Gasteiger partial charge < -0.3 is 10.0 Å². The molecule has 1 aliphatic carbocycles. The van der Waals surface area contributed by atoms with Gasteiger partial charge >= 0.3 is 0 Å². The number of aromatic nitrogens is 1. The quantitative estimate of drug-likeness (QED) is 0.848. The van der Waals surface area contributed by atoms with Crippen LogP contribution in [0.2, 0.25) is 0 Å². The minimum Gasteiger partial charge on any atom is -0.395 e. The summed E-state index contributed by atoms with van der Waals surface area (Å²) in [6.07, 6.45) is 6.61. The van der Waals surface area contributed by atoms with Crippen molar-refractivity contribution in [3.8, 4) is 0 Å². The second-order valence-corrected chi connectivity index (χ2v) is 4.88. The maximum absolute atomic E-state index is 13.1. The molecule has 0 saturated heterocycles. The highest BCUT2D eigenvalue weighted by molar-refractivity contribution is 5.94. The van der Waals surface area contributed by atoms with Gasteiger partial charge in [-0.1, -0.05) is 19.3 Å². The number of nitrogens with zero attached hydrogens (tertiary/aromatic N) is 2. The highest BCUT2D eigenvalue weighted by Crippen LogP contribution is 2.23. The third kappa shape index (κ3) is 3.50. The fourth-order valence-electron chi connectivity index (χ4n) is 2.65. The summed E-state index contributed by atoms with van der Waals surface area (Å²) >= 11 is 0. The Morgan fingerprint density at radius 3 is 2.79 bits per heavy atom. The van der Waals surface area contributed by atoms with Crippen LogP contribution in [-0.2, 0) is 0 Å². The van der Waals surface area contributed by atoms with Crippen molar-refractivity contribution in [2.24, 2.45) is 0 Å². The minimum atomic E-state index is -0.654. The maximum Gasteiger partial charge on any atom is 0.254 e. The van der Waals surface area contributed by atoms with E-state index in [1.807, 2.05) is 0 Å². The molecule has 2 rings (SSSR count). The number of halogens is 1. The number of aliphatic hydroxyl groups excluding tert-OH is 1. The third-order valence-corrected chi connectivity index (χ3v) is 3.59. The molecule has 1 amide bonds. The zero-order valence-corrected chi connectivity index (χ0v) is 10.9. The van der Waals surface area contributed by atoms with Gasteiger partial charge in [-0.15, -0.1) is 0 Å². The van der Waals surface area contributed by atoms with Crippen molar-refractivity contribution in [2.45, 2.75) is 38.1 Å². The van der Waals surface area contributed by atoms with Gasteiger partial charge in [-0.3, -0.25) is 4.79 Å². The largest absolute Gasteiger partial charge is 0.395 e. The SMILES string of the molecule is O=C(c1ccnc(F)c1)N(CCO)C1CCCCC1. The molecule has 19 heavy (non-hydrogen) atoms. The Hall–Kier alpha value is -1.49. The summed E-state index contributed by atoms with van der Waals surface area (Å²) in [7, 11) is 0. The fourth-order valence-corrected chi connectivity index (χ4v) is 2.65. The summed E-state index contributed by atoms with van der Waals surface area (Å²) in [6, 6.07) is 2.82. The first-order chi connectivity index (χ1) is 9.22. The smallest absolute Gasteiger partial charge is 0.254 e. The molecule has 1 aromatic rings. The summed E-state index contributed by atoms with van der Waals surface area (Å²) in [5.74, 6) is -0.874. The molecule has 1 fully saturated rings. The molecule has 1 aromatic heterocycles. The Labute approximate surface area is 112 Å². The average Bonchev–Trinajstić information content (AvgIpc) is 2.45. The molecule has 0 spiro atoms. The second kappa shape index (κ2) is 6.61. The summed E-state index contributed by atoms with van der Waals surface area (Å²) in [5, 5.41) is 9.14. The first-order valence-corrected chi connectivity index (χ1v) is 6.76. The van der Waals surface area contributed by atoms with Crippen LogP contribution in [0, 0.1) is 5.95 Å². The molecular formula is C14H19FN2O2. The van der Waals surface area contributed by atoms with E-state index in [1.54, 1.807) is 4.90 Å². The summed E-state index contributed by atoms with van der Waals surface area (Å²) in [6.45, 7) is 0.225. The van der Waals surface area contributed by atoms with Crippen LogP contribution in [0.25, 0.3) is 0 Å². The molecule has 104 valence electrons. The molecule has 0 aromatic carbocycles. The Morgan fingerprint density at radius 1 is 1.42 bits per heavy atom. The van der Waals surface area contributed by atoms with Crippen molar-refractivity contribution >= 4 is 5.91 Å². The van der Waals surface area contributed by atoms with Crippen molar-refractivity contribution < 1.29 is 14.3 Å². The molecule has 0 bridgehead atoms. The van der Waals surface area contributed by atoms with Gasteiger partial charge in [0.2, 0.25) is 5.95 Å². The van der Waals surface area contributed by atoms with E-state index in [-0.39, 0.29) is 18.6 Å². The second-order valence-electron chi connectivity index (χ2n) is 4.88. The van der Waals surface area contributed by atoms with Crippen LogP contribution in [0.1, 0.15) is 42.5 Å². The van der Waals surface area contributed by atoms with Crippen LogP contribution in [0.4, 0.5) is 4.39 Å². The molecule has 5 heteroatoms. The minimum absolute atomic E-state index is 0.0736. The van der Waals surface area contributed by atoms with E-state index < -0.39 is 5.95 Å². The van der Waals surface area contributed by atoms with E-state index in [0.717, 1.165) is 31.7 Å². The van der Waals surface area contributed by atoms with Gasteiger partial charge in [0.15, 0.2) is 0 Å². The van der Waals surface area contributed by atoms with Gasteiger partial charge in [0, 0.05) is 30.4 Å². The zero-order valence-electron chi connectivity index (χ0n) is 10.9. The van der Waals surface area contributed by atoms with Gasteiger partial charge in [0.05, 0.1) is 6.61 Å². The summed E-state index contributed by atoms with van der Waals surface area (Å²) < 4.78 is 13.1. The van der Waals surface area contributed by atoms with Gasteiger partial charge in [-0.05, 0) is 18.9 Å². The van der Waals surface area contributed by atoms with Crippen molar-refractivity contribution in [3.05, 3.63) is 29.8 Å². The average molecular weight is 266 g/mol. The lowest BCUT2D eigenvalue weighted by molar-refractivity contribution is 0.0584. The molecule has 1 aliphatic rings. The Morgan fingerprint density at radius 2 is 2.16 bits per heavy atom. The summed E-state index contributed by atoms with van der Waals surface area (Å²) in [5.41, 5.74) is 0.298. The van der Waals surface area contributed by atoms with Gasteiger partial charge in [0.1, 0.15) is 0 Å². The number of hydrogen-bond donors (Lipinski definition) is 1. The molecule has 1 saturated carbocycles. The van der Waals surface area contributed by atoms with Crippen molar-refractivity contribution in [3.63, 3.8) is 0 Å². The van der Waals surface area contributed by atoms with Crippen molar-refractivity contribution in [2.75, 3.05) is 13.2 Å². The van der Waals surface area contributed by atoms with Crippen molar-refractivity contribution in [1.29, 1.82) is 0 Å². The molecule has 0 unspecified atom stereocenters. The van der Waals surface area contributed by atoms with Crippen LogP contribution in [0.5, 0.6) is 0 Å². The molecule has 1 heterocycles. The molecule has 0 aliphatic heterocycles. The predicted molar refractivity (Wildman–Crippen MR) is 69.2 cm³/mol. The topological polar surface area (TPSA) is 53.4 Å². The number of carbonyl (C=O) groups excluding carboxylic acids is 1. The van der Waals surface area contributed by atoms with Gasteiger partial charge in [0.25, 0.3) is 5.91 Å². The number of amides is 1. The first kappa shape index (κ1) is 13.9. The fraction of sp³-hybridized carbons (Fsp3) is 0.571. The monoisotopic (exact) mass is 266 g/mol. The maximum atomic E-state index is 13.1. The molecular weight excluding hydrogens is 247 g/mol. The van der Waals surface area contributed by atoms with E-state index in [4.69, 9.17) is 5.11 Å². The Balaban J connectivity index is 2.15. The zero-order chi connectivity index (χ0) is 13.7. The predicted octanol–water partition coefficient (Wildman–Crippen LogP) is 1.99. The summed E-state index contributed by atoms with van der Waals surface area (Å²) in [4.78, 5) is 17.5. The highest BCUT2D eigenvalue weighted by Gasteiger charge is 2.26. The molecule has 1 N–H and O–H groups in total. The van der Waals surface area contributed by atoms with E-state index in [2.05, 4.69) is 4.98 Å². The molecule has 0 radical (unpaired) electrons. The van der Waals surface area contributed by atoms with Gasteiger partial charge in [-0.25, -0.2) is 4.98 Å². The van der Waals surface area contributed by atoms with Gasteiger partial charge in [-0.2, -0.15) is 4.39 Å². The van der Waals surface area contributed by atoms with E-state index >= 15 is 0 Å². The van der Waals surface area contributed by atoms with Crippen LogP contribution in [0.3, 0.4) is 0 Å². The Kier molecular flexibility index (Phi) is 4.85. The lowest BCUT2D eigenvalue weighted by atomic mass is 9.93. The van der Waals surface area contributed by atoms with E-state index in [0.29, 0.717) is 12.1 Å². The third-order valence-electron chi connectivity index (χ3n) is 3.59. The van der Waals surface area contributed by atoms with Crippen LogP contribution >= 0.6 is 0 Å². The number of aliphatic hydroxyl groups is 1. The normalized spacial score (nSPS) is 16.3. The highest BCUT2D eigenvalue weighted by atomic mass is 19.1. The van der Waals surface area contributed by atoms with Crippen LogP contribution in [0.15, 0.2) is 18.3 Å². The Bertz CT molecular complexity index is 433. The number of hydrogen-bond acceptors (Lipinski definition) is 3. The number of pyridine rings is 1. The van der Waals surface area contributed by atoms with Crippen molar-refractivity contribution in [1.82, 2.24) is 9.88 Å². The standard InChI is InChI=1S/C14H19FN2O2/c15-13-10-11(6-7-16-13)14(19)17(8-9-18)12-4-2-1-3-5-12/h6-7,10,12,18H,1-5,8-9H2. The number of carbonyl (C=O) groups is 1. The van der Waals surface area contributed by atoms with Crippen LogP contribution in [-0.4, -0.2) is 40.1 Å². The number of rotatable bonds is 4. The van der Waals surface area contributed by atoms with E-state index in [1.165, 1.54) is 18.7 Å². The lowest BCUT2D eigenvalue weighted by Crippen LogP contribution is -2.43. The van der Waals surface area contributed by atoms with E-state index in [9.17, 15) is 9.18 Å².